The highest BCUT2D eigenvalue weighted by Crippen LogP contribution is 2.23. The van der Waals surface area contributed by atoms with Gasteiger partial charge in [-0.1, -0.05) is 24.3 Å². The average molecular weight is 416 g/mol. The lowest BCUT2D eigenvalue weighted by Crippen LogP contribution is -2.16. The first kappa shape index (κ1) is 15.8. The van der Waals surface area contributed by atoms with Gasteiger partial charge in [0, 0.05) is 3.57 Å². The minimum absolute atomic E-state index is 0.289. The Kier molecular flexibility index (Phi) is 4.84. The average Bonchev–Trinajstić information content (AvgIpc) is 2.40. The molecule has 110 valence electrons. The molecule has 0 saturated heterocycles. The first-order valence-electron chi connectivity index (χ1n) is 5.99. The van der Waals surface area contributed by atoms with Gasteiger partial charge in [0.2, 0.25) is 10.0 Å². The number of anilines is 2. The molecule has 2 N–H and O–H groups in total. The van der Waals surface area contributed by atoms with Crippen molar-refractivity contribution in [1.82, 2.24) is 0 Å². The second kappa shape index (κ2) is 6.44. The molecule has 2 rings (SSSR count). The Morgan fingerprint density at radius 1 is 1.00 bits per heavy atom. The SMILES string of the molecule is CS(=O)(=O)Nc1ccccc1NC(=O)c1ccccc1I. The summed E-state index contributed by atoms with van der Waals surface area (Å²) in [7, 11) is -3.41. The quantitative estimate of drug-likeness (QED) is 0.753. The lowest BCUT2D eigenvalue weighted by atomic mass is 10.2. The third-order valence-corrected chi connectivity index (χ3v) is 4.12. The molecule has 0 spiro atoms. The number of hydrogen-bond acceptors (Lipinski definition) is 3. The van der Waals surface area contributed by atoms with Crippen molar-refractivity contribution >= 4 is 49.9 Å². The van der Waals surface area contributed by atoms with E-state index in [0.29, 0.717) is 16.9 Å². The Balaban J connectivity index is 2.28. The summed E-state index contributed by atoms with van der Waals surface area (Å²) >= 11 is 2.08. The maximum Gasteiger partial charge on any atom is 0.256 e. The second-order valence-electron chi connectivity index (χ2n) is 4.35. The van der Waals surface area contributed by atoms with Gasteiger partial charge in [-0.15, -0.1) is 0 Å². The molecule has 0 atom stereocenters. The van der Waals surface area contributed by atoms with E-state index in [4.69, 9.17) is 0 Å². The summed E-state index contributed by atoms with van der Waals surface area (Å²) < 4.78 is 25.9. The smallest absolute Gasteiger partial charge is 0.256 e. The molecule has 7 heteroatoms. The molecule has 5 nitrogen and oxygen atoms in total. The van der Waals surface area contributed by atoms with Crippen LogP contribution < -0.4 is 10.0 Å². The van der Waals surface area contributed by atoms with Gasteiger partial charge in [-0.3, -0.25) is 9.52 Å². The van der Waals surface area contributed by atoms with E-state index < -0.39 is 10.0 Å². The lowest BCUT2D eigenvalue weighted by molar-refractivity contribution is 0.102. The zero-order chi connectivity index (χ0) is 15.5. The Morgan fingerprint density at radius 3 is 2.19 bits per heavy atom. The largest absolute Gasteiger partial charge is 0.320 e. The first-order valence-corrected chi connectivity index (χ1v) is 8.96. The summed E-state index contributed by atoms with van der Waals surface area (Å²) in [6.45, 7) is 0. The minimum atomic E-state index is -3.41. The van der Waals surface area contributed by atoms with Crippen molar-refractivity contribution in [2.24, 2.45) is 0 Å². The van der Waals surface area contributed by atoms with Crippen LogP contribution in [0.2, 0.25) is 0 Å². The molecule has 0 aliphatic heterocycles. The number of carbonyl (C=O) groups is 1. The van der Waals surface area contributed by atoms with Crippen molar-refractivity contribution in [1.29, 1.82) is 0 Å². The van der Waals surface area contributed by atoms with Crippen molar-refractivity contribution in [3.63, 3.8) is 0 Å². The predicted molar refractivity (Wildman–Crippen MR) is 92.0 cm³/mol. The molecule has 2 aromatic carbocycles. The predicted octanol–water partition coefficient (Wildman–Crippen LogP) is 2.92. The highest BCUT2D eigenvalue weighted by Gasteiger charge is 2.13. The van der Waals surface area contributed by atoms with Crippen molar-refractivity contribution in [3.05, 3.63) is 57.7 Å². The summed E-state index contributed by atoms with van der Waals surface area (Å²) in [6.07, 6.45) is 1.06. The fraction of sp³-hybridized carbons (Fsp3) is 0.0714. The molecule has 21 heavy (non-hydrogen) atoms. The van der Waals surface area contributed by atoms with Crippen molar-refractivity contribution in [3.8, 4) is 0 Å². The van der Waals surface area contributed by atoms with E-state index in [1.807, 2.05) is 12.1 Å². The summed E-state index contributed by atoms with van der Waals surface area (Å²) in [5.74, 6) is -0.289. The van der Waals surface area contributed by atoms with Crippen LogP contribution in [-0.4, -0.2) is 20.6 Å². The summed E-state index contributed by atoms with van der Waals surface area (Å²) in [6, 6.07) is 13.8. The fourth-order valence-corrected chi connectivity index (χ4v) is 2.93. The number of rotatable bonds is 4. The third-order valence-electron chi connectivity index (χ3n) is 2.59. The fourth-order valence-electron chi connectivity index (χ4n) is 1.72. The zero-order valence-electron chi connectivity index (χ0n) is 11.1. The molecule has 0 aliphatic rings. The van der Waals surface area contributed by atoms with E-state index in [1.165, 1.54) is 0 Å². The number of carbonyl (C=O) groups excluding carboxylic acids is 1. The Hall–Kier alpha value is -1.61. The van der Waals surface area contributed by atoms with Gasteiger partial charge in [0.05, 0.1) is 23.2 Å². The van der Waals surface area contributed by atoms with Crippen LogP contribution in [0.1, 0.15) is 10.4 Å². The summed E-state index contributed by atoms with van der Waals surface area (Å²) in [5.41, 5.74) is 1.28. The molecule has 0 unspecified atom stereocenters. The van der Waals surface area contributed by atoms with E-state index in [9.17, 15) is 13.2 Å². The standard InChI is InChI=1S/C14H13IN2O3S/c1-21(19,20)17-13-9-5-4-8-12(13)16-14(18)10-6-2-3-7-11(10)15/h2-9,17H,1H3,(H,16,18). The maximum absolute atomic E-state index is 12.3. The number of sulfonamides is 1. The molecule has 0 heterocycles. The van der Waals surface area contributed by atoms with Crippen molar-refractivity contribution in [2.75, 3.05) is 16.3 Å². The van der Waals surface area contributed by atoms with Crippen LogP contribution in [0.5, 0.6) is 0 Å². The van der Waals surface area contributed by atoms with E-state index in [-0.39, 0.29) is 5.91 Å². The number of nitrogens with one attached hydrogen (secondary N) is 2. The summed E-state index contributed by atoms with van der Waals surface area (Å²) in [5, 5.41) is 2.72. The van der Waals surface area contributed by atoms with Gasteiger partial charge < -0.3 is 5.32 Å². The van der Waals surface area contributed by atoms with Gasteiger partial charge in [-0.2, -0.15) is 0 Å². The number of amides is 1. The molecular weight excluding hydrogens is 403 g/mol. The van der Waals surface area contributed by atoms with Gasteiger partial charge in [0.1, 0.15) is 0 Å². The molecule has 1 amide bonds. The molecule has 0 bridgehead atoms. The normalized spacial score (nSPS) is 11.0. The maximum atomic E-state index is 12.3. The number of hydrogen-bond donors (Lipinski definition) is 2. The minimum Gasteiger partial charge on any atom is -0.320 e. The topological polar surface area (TPSA) is 75.3 Å². The van der Waals surface area contributed by atoms with Crippen molar-refractivity contribution < 1.29 is 13.2 Å². The summed E-state index contributed by atoms with van der Waals surface area (Å²) in [4.78, 5) is 12.3. The van der Waals surface area contributed by atoms with Crippen LogP contribution in [0.25, 0.3) is 0 Å². The molecule has 0 aliphatic carbocycles. The second-order valence-corrected chi connectivity index (χ2v) is 7.26. The molecule has 0 radical (unpaired) electrons. The van der Waals surface area contributed by atoms with Gasteiger partial charge in [-0.25, -0.2) is 8.42 Å². The van der Waals surface area contributed by atoms with Gasteiger partial charge >= 0.3 is 0 Å². The number of halogens is 1. The van der Waals surface area contributed by atoms with Crippen LogP contribution in [0.4, 0.5) is 11.4 Å². The van der Waals surface area contributed by atoms with Crippen LogP contribution >= 0.6 is 22.6 Å². The molecule has 2 aromatic rings. The molecule has 0 saturated carbocycles. The van der Waals surface area contributed by atoms with E-state index >= 15 is 0 Å². The lowest BCUT2D eigenvalue weighted by Gasteiger charge is -2.12. The third kappa shape index (κ3) is 4.43. The van der Waals surface area contributed by atoms with E-state index in [1.54, 1.807) is 36.4 Å². The van der Waals surface area contributed by atoms with Gasteiger partial charge in [0.15, 0.2) is 0 Å². The highest BCUT2D eigenvalue weighted by atomic mass is 127. The molecule has 0 aromatic heterocycles. The van der Waals surface area contributed by atoms with Crippen LogP contribution in [0, 0.1) is 3.57 Å². The first-order chi connectivity index (χ1) is 9.87. The Morgan fingerprint density at radius 2 is 1.57 bits per heavy atom. The number of benzene rings is 2. The van der Waals surface area contributed by atoms with Crippen LogP contribution in [0.15, 0.2) is 48.5 Å². The molecule has 0 fully saturated rings. The monoisotopic (exact) mass is 416 g/mol. The Bertz CT molecular complexity index is 775. The zero-order valence-corrected chi connectivity index (χ0v) is 14.1. The molecular formula is C14H13IN2O3S. The Labute approximate surface area is 137 Å². The van der Waals surface area contributed by atoms with Crippen LogP contribution in [-0.2, 0) is 10.0 Å². The van der Waals surface area contributed by atoms with Crippen molar-refractivity contribution in [2.45, 2.75) is 0 Å². The van der Waals surface area contributed by atoms with Gasteiger partial charge in [0.25, 0.3) is 5.91 Å². The van der Waals surface area contributed by atoms with E-state index in [2.05, 4.69) is 32.6 Å². The van der Waals surface area contributed by atoms with E-state index in [0.717, 1.165) is 9.83 Å². The van der Waals surface area contributed by atoms with Crippen LogP contribution in [0.3, 0.4) is 0 Å². The highest BCUT2D eigenvalue weighted by molar-refractivity contribution is 14.1. The number of para-hydroxylation sites is 2. The van der Waals surface area contributed by atoms with Gasteiger partial charge in [-0.05, 0) is 46.9 Å².